The van der Waals surface area contributed by atoms with Crippen LogP contribution in [0.1, 0.15) is 34.1 Å². The van der Waals surface area contributed by atoms with E-state index in [-0.39, 0.29) is 5.60 Å². The molecule has 0 N–H and O–H groups in total. The molecular weight excluding hydrogens is 162 g/mol. The van der Waals surface area contributed by atoms with Crippen LogP contribution in [-0.2, 0) is 4.74 Å². The molecule has 0 aromatic heterocycles. The molecule has 13 heavy (non-hydrogen) atoms. The summed E-state index contributed by atoms with van der Waals surface area (Å²) in [4.78, 5) is 2.41. The minimum absolute atomic E-state index is 0.00662. The monoisotopic (exact) mass is 185 g/mol. The summed E-state index contributed by atoms with van der Waals surface area (Å²) in [6, 6.07) is 0.634. The third-order valence-corrected chi connectivity index (χ3v) is 2.61. The fourth-order valence-electron chi connectivity index (χ4n) is 1.90. The molecule has 78 valence electrons. The minimum atomic E-state index is 0.00662. The molecule has 0 spiro atoms. The number of nitrogens with zero attached hydrogens (tertiary/aromatic N) is 1. The maximum Gasteiger partial charge on any atom is 0.0628 e. The third kappa shape index (κ3) is 3.65. The van der Waals surface area contributed by atoms with Crippen LogP contribution in [0.2, 0.25) is 0 Å². The summed E-state index contributed by atoms with van der Waals surface area (Å²) in [5.74, 6) is 0.832. The van der Waals surface area contributed by atoms with Crippen molar-refractivity contribution in [2.75, 3.05) is 20.2 Å². The van der Waals surface area contributed by atoms with Crippen LogP contribution in [0.3, 0.4) is 0 Å². The largest absolute Gasteiger partial charge is 0.374 e. The first-order chi connectivity index (χ1) is 5.88. The first-order valence-electron chi connectivity index (χ1n) is 5.22. The van der Waals surface area contributed by atoms with E-state index in [4.69, 9.17) is 4.74 Å². The Balaban J connectivity index is 2.30. The van der Waals surface area contributed by atoms with Crippen molar-refractivity contribution in [3.05, 3.63) is 0 Å². The minimum Gasteiger partial charge on any atom is -0.374 e. The van der Waals surface area contributed by atoms with Gasteiger partial charge in [-0.2, -0.15) is 0 Å². The molecule has 0 amide bonds. The molecule has 0 unspecified atom stereocenters. The first kappa shape index (κ1) is 11.0. The highest BCUT2D eigenvalue weighted by molar-refractivity contribution is 4.81. The van der Waals surface area contributed by atoms with Gasteiger partial charge in [-0.1, -0.05) is 6.92 Å². The van der Waals surface area contributed by atoms with Gasteiger partial charge >= 0.3 is 0 Å². The van der Waals surface area contributed by atoms with Crippen LogP contribution in [0.15, 0.2) is 0 Å². The van der Waals surface area contributed by atoms with E-state index in [0.717, 1.165) is 12.5 Å². The summed E-state index contributed by atoms with van der Waals surface area (Å²) in [6.07, 6.45) is 1.28. The van der Waals surface area contributed by atoms with Crippen LogP contribution in [0.4, 0.5) is 0 Å². The smallest absolute Gasteiger partial charge is 0.0628 e. The molecule has 0 radical (unpaired) electrons. The van der Waals surface area contributed by atoms with Crippen molar-refractivity contribution < 1.29 is 4.74 Å². The molecule has 2 atom stereocenters. The van der Waals surface area contributed by atoms with Crippen molar-refractivity contribution in [2.45, 2.75) is 45.8 Å². The van der Waals surface area contributed by atoms with E-state index >= 15 is 0 Å². The molecule has 0 aliphatic carbocycles. The van der Waals surface area contributed by atoms with Crippen LogP contribution >= 0.6 is 0 Å². The molecule has 0 aromatic rings. The summed E-state index contributed by atoms with van der Waals surface area (Å²) < 4.78 is 5.79. The summed E-state index contributed by atoms with van der Waals surface area (Å²) in [7, 11) is 2.19. The highest BCUT2D eigenvalue weighted by Crippen LogP contribution is 2.22. The lowest BCUT2D eigenvalue weighted by Gasteiger charge is -2.25. The summed E-state index contributed by atoms with van der Waals surface area (Å²) in [5.41, 5.74) is 0.00662. The lowest BCUT2D eigenvalue weighted by atomic mass is 10.1. The highest BCUT2D eigenvalue weighted by atomic mass is 16.5. The van der Waals surface area contributed by atoms with Crippen LogP contribution < -0.4 is 0 Å². The third-order valence-electron chi connectivity index (χ3n) is 2.61. The summed E-state index contributed by atoms with van der Waals surface area (Å²) >= 11 is 0. The van der Waals surface area contributed by atoms with Crippen molar-refractivity contribution in [1.82, 2.24) is 4.90 Å². The predicted molar refractivity (Wildman–Crippen MR) is 55.9 cm³/mol. The van der Waals surface area contributed by atoms with Crippen molar-refractivity contribution in [1.29, 1.82) is 0 Å². The summed E-state index contributed by atoms with van der Waals surface area (Å²) in [5, 5.41) is 0. The summed E-state index contributed by atoms with van der Waals surface area (Å²) in [6.45, 7) is 10.8. The predicted octanol–water partition coefficient (Wildman–Crippen LogP) is 2.14. The fraction of sp³-hybridized carbons (Fsp3) is 1.00. The molecular formula is C11H23NO. The van der Waals surface area contributed by atoms with Crippen LogP contribution in [-0.4, -0.2) is 36.7 Å². The lowest BCUT2D eigenvalue weighted by Crippen LogP contribution is -2.33. The zero-order valence-electron chi connectivity index (χ0n) is 9.63. The zero-order valence-corrected chi connectivity index (χ0v) is 9.63. The molecule has 1 rings (SSSR count). The Kier molecular flexibility index (Phi) is 3.36. The van der Waals surface area contributed by atoms with Crippen molar-refractivity contribution >= 4 is 0 Å². The first-order valence-corrected chi connectivity index (χ1v) is 5.22. The maximum absolute atomic E-state index is 5.79. The van der Waals surface area contributed by atoms with Gasteiger partial charge in [0.05, 0.1) is 12.2 Å². The van der Waals surface area contributed by atoms with Crippen LogP contribution in [0.5, 0.6) is 0 Å². The van der Waals surface area contributed by atoms with E-state index < -0.39 is 0 Å². The van der Waals surface area contributed by atoms with Gasteiger partial charge < -0.3 is 9.64 Å². The Hall–Kier alpha value is -0.0800. The molecule has 0 saturated carbocycles. The molecule has 1 aliphatic rings. The van der Waals surface area contributed by atoms with Gasteiger partial charge in [-0.3, -0.25) is 0 Å². The maximum atomic E-state index is 5.79. The van der Waals surface area contributed by atoms with E-state index in [1.165, 1.54) is 13.0 Å². The van der Waals surface area contributed by atoms with Gasteiger partial charge in [0, 0.05) is 12.6 Å². The van der Waals surface area contributed by atoms with Gasteiger partial charge in [-0.25, -0.2) is 0 Å². The number of likely N-dealkylation sites (tertiary alicyclic amines) is 1. The average Bonchev–Trinajstić information content (AvgIpc) is 2.24. The molecule has 1 aliphatic heterocycles. The standard InChI is InChI=1S/C11H23NO/c1-9-6-10(12(5)7-9)8-13-11(2,3)4/h9-10H,6-8H2,1-5H3/t9-,10-/m1/s1. The number of likely N-dealkylation sites (N-methyl/N-ethyl adjacent to an activating group) is 1. The van der Waals surface area contributed by atoms with E-state index in [1.54, 1.807) is 0 Å². The molecule has 0 aromatic carbocycles. The van der Waals surface area contributed by atoms with Crippen molar-refractivity contribution in [2.24, 2.45) is 5.92 Å². The number of hydrogen-bond acceptors (Lipinski definition) is 2. The van der Waals surface area contributed by atoms with Crippen molar-refractivity contribution in [3.63, 3.8) is 0 Å². The van der Waals surface area contributed by atoms with E-state index in [1.807, 2.05) is 0 Å². The quantitative estimate of drug-likeness (QED) is 0.653. The fourth-order valence-corrected chi connectivity index (χ4v) is 1.90. The second kappa shape index (κ2) is 3.97. The highest BCUT2D eigenvalue weighted by Gasteiger charge is 2.27. The molecule has 2 nitrogen and oxygen atoms in total. The lowest BCUT2D eigenvalue weighted by molar-refractivity contribution is -0.0252. The van der Waals surface area contributed by atoms with E-state index in [2.05, 4.69) is 39.6 Å². The molecule has 1 fully saturated rings. The Morgan fingerprint density at radius 2 is 2.00 bits per heavy atom. The van der Waals surface area contributed by atoms with Crippen LogP contribution in [0, 0.1) is 5.92 Å². The number of ether oxygens (including phenoxy) is 1. The Labute approximate surface area is 82.3 Å². The second-order valence-electron chi connectivity index (χ2n) is 5.36. The van der Waals surface area contributed by atoms with Gasteiger partial charge in [0.2, 0.25) is 0 Å². The normalized spacial score (nSPS) is 31.2. The van der Waals surface area contributed by atoms with Gasteiger partial charge in [-0.15, -0.1) is 0 Å². The molecule has 0 bridgehead atoms. The average molecular weight is 185 g/mol. The van der Waals surface area contributed by atoms with Gasteiger partial charge in [0.1, 0.15) is 0 Å². The number of rotatable bonds is 2. The molecule has 1 heterocycles. The van der Waals surface area contributed by atoms with Crippen molar-refractivity contribution in [3.8, 4) is 0 Å². The van der Waals surface area contributed by atoms with E-state index in [0.29, 0.717) is 6.04 Å². The number of hydrogen-bond donors (Lipinski definition) is 0. The van der Waals surface area contributed by atoms with Gasteiger partial charge in [0.15, 0.2) is 0 Å². The second-order valence-corrected chi connectivity index (χ2v) is 5.36. The Bertz CT molecular complexity index is 162. The SMILES string of the molecule is C[C@@H]1C[C@H](COC(C)(C)C)N(C)C1. The molecule has 1 saturated heterocycles. The van der Waals surface area contributed by atoms with Gasteiger partial charge in [0.25, 0.3) is 0 Å². The molecule has 2 heteroatoms. The van der Waals surface area contributed by atoms with E-state index in [9.17, 15) is 0 Å². The van der Waals surface area contributed by atoms with Gasteiger partial charge in [-0.05, 0) is 40.2 Å². The Morgan fingerprint density at radius 3 is 2.38 bits per heavy atom. The zero-order chi connectivity index (χ0) is 10.1. The Morgan fingerprint density at radius 1 is 1.38 bits per heavy atom. The van der Waals surface area contributed by atoms with Crippen LogP contribution in [0.25, 0.3) is 0 Å². The topological polar surface area (TPSA) is 12.5 Å².